The first-order chi connectivity index (χ1) is 12.4. The molecule has 0 saturated carbocycles. The van der Waals surface area contributed by atoms with Crippen LogP contribution in [-0.4, -0.2) is 51.7 Å². The first-order valence-electron chi connectivity index (χ1n) is 9.47. The number of carbonyl (C=O) groups is 1. The summed E-state index contributed by atoms with van der Waals surface area (Å²) in [6, 6.07) is 3.99. The number of rotatable bonds is 3. The van der Waals surface area contributed by atoms with Crippen molar-refractivity contribution in [1.29, 1.82) is 0 Å². The lowest BCUT2D eigenvalue weighted by molar-refractivity contribution is -0.122. The Morgan fingerprint density at radius 1 is 1.27 bits per heavy atom. The van der Waals surface area contributed by atoms with Crippen molar-refractivity contribution in [2.75, 3.05) is 24.5 Å². The Morgan fingerprint density at radius 3 is 2.81 bits per heavy atom. The molecule has 0 bridgehead atoms. The molecular formula is C20H27N5O. The fraction of sp³-hybridized carbons (Fsp3) is 0.550. The van der Waals surface area contributed by atoms with Gasteiger partial charge in [-0.05, 0) is 50.3 Å². The van der Waals surface area contributed by atoms with E-state index in [4.69, 9.17) is 4.98 Å². The lowest BCUT2D eigenvalue weighted by Crippen LogP contribution is -2.49. The lowest BCUT2D eigenvalue weighted by Gasteiger charge is -2.40. The molecule has 4 heterocycles. The molecule has 2 aliphatic rings. The molecule has 4 rings (SSSR count). The van der Waals surface area contributed by atoms with Crippen LogP contribution in [-0.2, 0) is 4.79 Å². The molecule has 1 N–H and O–H groups in total. The molecule has 6 nitrogen and oxygen atoms in total. The van der Waals surface area contributed by atoms with Crippen molar-refractivity contribution in [3.05, 3.63) is 30.2 Å². The van der Waals surface area contributed by atoms with Gasteiger partial charge in [-0.15, -0.1) is 0 Å². The van der Waals surface area contributed by atoms with Gasteiger partial charge in [0.2, 0.25) is 5.91 Å². The Hall–Kier alpha value is -2.21. The number of aromatic nitrogens is 3. The van der Waals surface area contributed by atoms with Gasteiger partial charge in [0, 0.05) is 36.1 Å². The maximum Gasteiger partial charge on any atom is 0.245 e. The van der Waals surface area contributed by atoms with Gasteiger partial charge >= 0.3 is 0 Å². The van der Waals surface area contributed by atoms with E-state index in [9.17, 15) is 4.79 Å². The predicted octanol–water partition coefficient (Wildman–Crippen LogP) is 3.01. The molecule has 2 aromatic rings. The molecule has 0 aliphatic carbocycles. The Bertz CT molecular complexity index is 799. The Labute approximate surface area is 154 Å². The Kier molecular flexibility index (Phi) is 4.31. The third-order valence-electron chi connectivity index (χ3n) is 5.70. The van der Waals surface area contributed by atoms with Crippen molar-refractivity contribution in [3.8, 4) is 11.1 Å². The van der Waals surface area contributed by atoms with E-state index < -0.39 is 0 Å². The van der Waals surface area contributed by atoms with E-state index in [0.29, 0.717) is 5.41 Å². The monoisotopic (exact) mass is 353 g/mol. The minimum atomic E-state index is 0.00484. The van der Waals surface area contributed by atoms with E-state index in [1.165, 1.54) is 12.8 Å². The summed E-state index contributed by atoms with van der Waals surface area (Å²) in [5.74, 6) is 0.962. The maximum absolute atomic E-state index is 13.1. The summed E-state index contributed by atoms with van der Waals surface area (Å²) in [7, 11) is 0. The van der Waals surface area contributed by atoms with Crippen LogP contribution in [0, 0.1) is 12.3 Å². The van der Waals surface area contributed by atoms with Crippen LogP contribution in [0.1, 0.15) is 38.8 Å². The summed E-state index contributed by atoms with van der Waals surface area (Å²) in [5, 5.41) is 6.84. The van der Waals surface area contributed by atoms with Gasteiger partial charge in [0.25, 0.3) is 0 Å². The van der Waals surface area contributed by atoms with E-state index in [0.717, 1.165) is 48.7 Å². The second-order valence-corrected chi connectivity index (χ2v) is 8.32. The normalized spacial score (nSPS) is 23.6. The molecule has 0 spiro atoms. The molecule has 1 amide bonds. The van der Waals surface area contributed by atoms with Crippen molar-refractivity contribution in [2.45, 2.75) is 46.1 Å². The average Bonchev–Trinajstić information content (AvgIpc) is 3.23. The highest BCUT2D eigenvalue weighted by Crippen LogP contribution is 2.33. The zero-order valence-electron chi connectivity index (χ0n) is 15.8. The predicted molar refractivity (Wildman–Crippen MR) is 102 cm³/mol. The molecule has 0 aromatic carbocycles. The molecule has 138 valence electrons. The molecular weight excluding hydrogens is 326 g/mol. The van der Waals surface area contributed by atoms with Crippen molar-refractivity contribution in [3.63, 3.8) is 0 Å². The smallest absolute Gasteiger partial charge is 0.245 e. The molecule has 2 fully saturated rings. The van der Waals surface area contributed by atoms with Gasteiger partial charge < -0.3 is 0 Å². The van der Waals surface area contributed by atoms with Crippen molar-refractivity contribution < 1.29 is 4.79 Å². The number of piperidine rings is 1. The summed E-state index contributed by atoms with van der Waals surface area (Å²) in [6.07, 6.45) is 6.95. The number of nitrogens with one attached hydrogen (secondary N) is 1. The number of carbonyl (C=O) groups excluding carboxylic acids is 1. The molecule has 26 heavy (non-hydrogen) atoms. The summed E-state index contributed by atoms with van der Waals surface area (Å²) in [6.45, 7) is 9.36. The number of hydrogen-bond donors (Lipinski definition) is 1. The van der Waals surface area contributed by atoms with E-state index in [2.05, 4.69) is 28.9 Å². The summed E-state index contributed by atoms with van der Waals surface area (Å²) < 4.78 is 0. The van der Waals surface area contributed by atoms with Gasteiger partial charge in [0.05, 0.1) is 12.2 Å². The van der Waals surface area contributed by atoms with Crippen molar-refractivity contribution >= 4 is 11.7 Å². The third-order valence-corrected chi connectivity index (χ3v) is 5.70. The molecule has 1 atom stereocenters. The van der Waals surface area contributed by atoms with Crippen molar-refractivity contribution in [2.24, 2.45) is 5.41 Å². The number of nitrogens with zero attached hydrogens (tertiary/aromatic N) is 4. The quantitative estimate of drug-likeness (QED) is 0.921. The van der Waals surface area contributed by atoms with E-state index >= 15 is 0 Å². The van der Waals surface area contributed by atoms with Crippen LogP contribution in [0.3, 0.4) is 0 Å². The zero-order chi connectivity index (χ0) is 18.3. The van der Waals surface area contributed by atoms with Gasteiger partial charge in [0.15, 0.2) is 0 Å². The number of amides is 1. The van der Waals surface area contributed by atoms with Crippen molar-refractivity contribution in [1.82, 2.24) is 20.1 Å². The zero-order valence-corrected chi connectivity index (χ0v) is 15.8. The van der Waals surface area contributed by atoms with Crippen LogP contribution >= 0.6 is 0 Å². The number of anilines is 1. The van der Waals surface area contributed by atoms with Crippen LogP contribution in [0.2, 0.25) is 0 Å². The maximum atomic E-state index is 13.1. The van der Waals surface area contributed by atoms with Gasteiger partial charge in [-0.25, -0.2) is 4.98 Å². The van der Waals surface area contributed by atoms with Crippen LogP contribution < -0.4 is 4.90 Å². The molecule has 0 radical (unpaired) electrons. The minimum Gasteiger partial charge on any atom is -0.295 e. The fourth-order valence-electron chi connectivity index (χ4n) is 4.37. The van der Waals surface area contributed by atoms with Gasteiger partial charge in [-0.2, -0.15) is 5.10 Å². The summed E-state index contributed by atoms with van der Waals surface area (Å²) in [4.78, 5) is 22.0. The number of aromatic amines is 1. The van der Waals surface area contributed by atoms with Crippen LogP contribution in [0.15, 0.2) is 24.5 Å². The number of hydrogen-bond acceptors (Lipinski definition) is 4. The average molecular weight is 353 g/mol. The fourth-order valence-corrected chi connectivity index (χ4v) is 4.37. The van der Waals surface area contributed by atoms with Crippen LogP contribution in [0.25, 0.3) is 11.1 Å². The second kappa shape index (κ2) is 6.50. The largest absolute Gasteiger partial charge is 0.295 e. The highest BCUT2D eigenvalue weighted by Gasteiger charge is 2.40. The third kappa shape index (κ3) is 3.14. The summed E-state index contributed by atoms with van der Waals surface area (Å²) >= 11 is 0. The topological polar surface area (TPSA) is 65.1 Å². The number of likely N-dealkylation sites (tertiary alicyclic amines) is 1. The lowest BCUT2D eigenvalue weighted by atomic mass is 9.83. The number of aryl methyl sites for hydroxylation is 1. The first-order valence-corrected chi connectivity index (χ1v) is 9.47. The van der Waals surface area contributed by atoms with E-state index in [1.54, 1.807) is 6.20 Å². The molecule has 1 unspecified atom stereocenters. The summed E-state index contributed by atoms with van der Waals surface area (Å²) in [5.41, 5.74) is 3.28. The minimum absolute atomic E-state index is 0.00484. The standard InChI is InChI=1S/C20H27N5O/c1-14-16(15-11-21-22-12-15)5-6-18(23-14)25-10-7-17(19(25)26)24-9-4-8-20(2,3)13-24/h5-6,11-12,17H,4,7-10,13H2,1-3H3,(H,21,22). The highest BCUT2D eigenvalue weighted by molar-refractivity contribution is 5.98. The Morgan fingerprint density at radius 2 is 2.12 bits per heavy atom. The van der Waals surface area contributed by atoms with E-state index in [-0.39, 0.29) is 11.9 Å². The molecule has 2 aromatic heterocycles. The molecule has 6 heteroatoms. The van der Waals surface area contributed by atoms with E-state index in [1.807, 2.05) is 30.2 Å². The van der Waals surface area contributed by atoms with Crippen LogP contribution in [0.4, 0.5) is 5.82 Å². The van der Waals surface area contributed by atoms with Gasteiger partial charge in [-0.3, -0.25) is 19.7 Å². The molecule has 2 saturated heterocycles. The molecule has 2 aliphatic heterocycles. The van der Waals surface area contributed by atoms with Crippen LogP contribution in [0.5, 0.6) is 0 Å². The van der Waals surface area contributed by atoms with Gasteiger partial charge in [0.1, 0.15) is 5.82 Å². The highest BCUT2D eigenvalue weighted by atomic mass is 16.2. The second-order valence-electron chi connectivity index (χ2n) is 8.32. The van der Waals surface area contributed by atoms with Gasteiger partial charge in [-0.1, -0.05) is 13.8 Å². The first kappa shape index (κ1) is 17.2. The number of pyridine rings is 1. The Balaban J connectivity index is 1.52. The number of H-pyrrole nitrogens is 1. The SMILES string of the molecule is Cc1nc(N2CCC(N3CCCC(C)(C)C3)C2=O)ccc1-c1cn[nH]c1.